The van der Waals surface area contributed by atoms with E-state index < -0.39 is 0 Å². The lowest BCUT2D eigenvalue weighted by Crippen LogP contribution is -1.99. The van der Waals surface area contributed by atoms with Crippen LogP contribution in [0.5, 0.6) is 11.5 Å². The molecule has 0 saturated carbocycles. The number of nitrogens with zero attached hydrogens (tertiary/aromatic N) is 2. The van der Waals surface area contributed by atoms with E-state index in [0.29, 0.717) is 29.8 Å². The Morgan fingerprint density at radius 3 is 2.31 bits per heavy atom. The molecule has 1 aromatic heterocycles. The standard InChI is InChI=1S/C23H20N2O3S/c1-16-24-23(28-25-16)19-13-21(27-15-17-9-5-3-6-10-17)20(26-2)14-22(19)29-18-11-7-4-8-12-18/h3-14H,15H2,1-2H3. The summed E-state index contributed by atoms with van der Waals surface area (Å²) in [6.45, 7) is 2.23. The maximum absolute atomic E-state index is 6.06. The van der Waals surface area contributed by atoms with E-state index >= 15 is 0 Å². The first-order valence-electron chi connectivity index (χ1n) is 9.15. The van der Waals surface area contributed by atoms with Crippen LogP contribution in [0.1, 0.15) is 11.4 Å². The van der Waals surface area contributed by atoms with E-state index in [0.717, 1.165) is 20.9 Å². The fraction of sp³-hybridized carbons (Fsp3) is 0.130. The molecule has 146 valence electrons. The molecule has 1 heterocycles. The van der Waals surface area contributed by atoms with Crippen LogP contribution >= 0.6 is 11.8 Å². The zero-order valence-electron chi connectivity index (χ0n) is 16.2. The van der Waals surface area contributed by atoms with Gasteiger partial charge in [-0.25, -0.2) is 0 Å². The van der Waals surface area contributed by atoms with Gasteiger partial charge in [0.25, 0.3) is 5.89 Å². The first-order chi connectivity index (χ1) is 14.2. The molecule has 29 heavy (non-hydrogen) atoms. The molecule has 0 aliphatic heterocycles. The van der Waals surface area contributed by atoms with Crippen LogP contribution in [0.2, 0.25) is 0 Å². The molecule has 0 bridgehead atoms. The van der Waals surface area contributed by atoms with Crippen LogP contribution in [0.25, 0.3) is 11.5 Å². The van der Waals surface area contributed by atoms with Crippen molar-refractivity contribution in [3.63, 3.8) is 0 Å². The van der Waals surface area contributed by atoms with Gasteiger partial charge < -0.3 is 14.0 Å². The Balaban J connectivity index is 1.72. The van der Waals surface area contributed by atoms with Crippen molar-refractivity contribution in [2.45, 2.75) is 23.3 Å². The second-order valence-electron chi connectivity index (χ2n) is 6.34. The fourth-order valence-electron chi connectivity index (χ4n) is 2.82. The number of methoxy groups -OCH3 is 1. The number of hydrogen-bond acceptors (Lipinski definition) is 6. The Kier molecular flexibility index (Phi) is 5.81. The highest BCUT2D eigenvalue weighted by molar-refractivity contribution is 7.99. The summed E-state index contributed by atoms with van der Waals surface area (Å²) in [6.07, 6.45) is 0. The minimum atomic E-state index is 0.435. The number of rotatable bonds is 7. The molecule has 0 unspecified atom stereocenters. The minimum absolute atomic E-state index is 0.435. The molecule has 0 fully saturated rings. The molecule has 0 amide bonds. The summed E-state index contributed by atoms with van der Waals surface area (Å²) >= 11 is 1.61. The van der Waals surface area contributed by atoms with E-state index in [2.05, 4.69) is 22.3 Å². The van der Waals surface area contributed by atoms with Crippen molar-refractivity contribution in [3.05, 3.63) is 84.2 Å². The predicted molar refractivity (Wildman–Crippen MR) is 112 cm³/mol. The largest absolute Gasteiger partial charge is 0.493 e. The van der Waals surface area contributed by atoms with Gasteiger partial charge in [-0.2, -0.15) is 4.98 Å². The molecular weight excluding hydrogens is 384 g/mol. The van der Waals surface area contributed by atoms with Crippen molar-refractivity contribution >= 4 is 11.8 Å². The van der Waals surface area contributed by atoms with Crippen LogP contribution in [0.3, 0.4) is 0 Å². The summed E-state index contributed by atoms with van der Waals surface area (Å²) in [5.74, 6) is 2.31. The molecule has 4 rings (SSSR count). The second kappa shape index (κ2) is 8.84. The lowest BCUT2D eigenvalue weighted by Gasteiger charge is -2.15. The maximum Gasteiger partial charge on any atom is 0.259 e. The van der Waals surface area contributed by atoms with Crippen molar-refractivity contribution < 1.29 is 14.0 Å². The Bertz CT molecular complexity index is 1080. The SMILES string of the molecule is COc1cc(Sc2ccccc2)c(-c2nc(C)no2)cc1OCc1ccccc1. The lowest BCUT2D eigenvalue weighted by atomic mass is 10.2. The lowest BCUT2D eigenvalue weighted by molar-refractivity contribution is 0.284. The molecule has 5 nitrogen and oxygen atoms in total. The maximum atomic E-state index is 6.06. The van der Waals surface area contributed by atoms with Crippen LogP contribution in [-0.4, -0.2) is 17.3 Å². The van der Waals surface area contributed by atoms with Crippen LogP contribution in [-0.2, 0) is 6.61 Å². The van der Waals surface area contributed by atoms with Gasteiger partial charge in [0.2, 0.25) is 0 Å². The van der Waals surface area contributed by atoms with E-state index in [1.165, 1.54) is 0 Å². The zero-order chi connectivity index (χ0) is 20.1. The minimum Gasteiger partial charge on any atom is -0.493 e. The normalized spacial score (nSPS) is 10.7. The van der Waals surface area contributed by atoms with Crippen molar-refractivity contribution in [1.29, 1.82) is 0 Å². The average Bonchev–Trinajstić information content (AvgIpc) is 3.20. The van der Waals surface area contributed by atoms with Crippen molar-refractivity contribution in [2.24, 2.45) is 0 Å². The molecule has 0 spiro atoms. The van der Waals surface area contributed by atoms with Crippen molar-refractivity contribution in [1.82, 2.24) is 10.1 Å². The van der Waals surface area contributed by atoms with E-state index in [-0.39, 0.29) is 0 Å². The summed E-state index contributed by atoms with van der Waals surface area (Å²) in [6, 6.07) is 24.0. The van der Waals surface area contributed by atoms with Gasteiger partial charge in [-0.15, -0.1) is 0 Å². The number of benzene rings is 3. The molecule has 0 aliphatic carbocycles. The van der Waals surface area contributed by atoms with Crippen molar-refractivity contribution in [3.8, 4) is 23.0 Å². The first kappa shape index (κ1) is 19.1. The van der Waals surface area contributed by atoms with Gasteiger partial charge in [0.15, 0.2) is 17.3 Å². The van der Waals surface area contributed by atoms with Gasteiger partial charge in [0.1, 0.15) is 6.61 Å². The summed E-state index contributed by atoms with van der Waals surface area (Å²) < 4.78 is 17.1. The number of aryl methyl sites for hydroxylation is 1. The van der Waals surface area contributed by atoms with Gasteiger partial charge >= 0.3 is 0 Å². The average molecular weight is 404 g/mol. The van der Waals surface area contributed by atoms with Crippen LogP contribution in [0.4, 0.5) is 0 Å². The third-order valence-electron chi connectivity index (χ3n) is 4.23. The molecular formula is C23H20N2O3S. The van der Waals surface area contributed by atoms with Gasteiger partial charge in [0, 0.05) is 9.79 Å². The van der Waals surface area contributed by atoms with Crippen LogP contribution < -0.4 is 9.47 Å². The van der Waals surface area contributed by atoms with E-state index in [1.54, 1.807) is 25.8 Å². The van der Waals surface area contributed by atoms with Gasteiger partial charge in [0.05, 0.1) is 12.7 Å². The summed E-state index contributed by atoms with van der Waals surface area (Å²) in [5, 5.41) is 3.94. The Morgan fingerprint density at radius 1 is 0.931 bits per heavy atom. The van der Waals surface area contributed by atoms with Crippen molar-refractivity contribution in [2.75, 3.05) is 7.11 Å². The molecule has 3 aromatic carbocycles. The molecule has 0 aliphatic rings. The second-order valence-corrected chi connectivity index (χ2v) is 7.45. The Morgan fingerprint density at radius 2 is 1.66 bits per heavy atom. The molecule has 0 N–H and O–H groups in total. The van der Waals surface area contributed by atoms with E-state index in [4.69, 9.17) is 14.0 Å². The van der Waals surface area contributed by atoms with Crippen LogP contribution in [0, 0.1) is 6.92 Å². The third kappa shape index (κ3) is 4.60. The fourth-order valence-corrected chi connectivity index (χ4v) is 3.79. The monoisotopic (exact) mass is 404 g/mol. The number of hydrogen-bond donors (Lipinski definition) is 0. The quantitative estimate of drug-likeness (QED) is 0.389. The van der Waals surface area contributed by atoms with Gasteiger partial charge in [-0.05, 0) is 36.8 Å². The molecule has 4 aromatic rings. The third-order valence-corrected chi connectivity index (χ3v) is 5.30. The predicted octanol–water partition coefficient (Wildman–Crippen LogP) is 5.78. The highest BCUT2D eigenvalue weighted by Gasteiger charge is 2.18. The molecule has 0 saturated heterocycles. The summed E-state index contributed by atoms with van der Waals surface area (Å²) in [4.78, 5) is 6.46. The molecule has 0 radical (unpaired) electrons. The summed E-state index contributed by atoms with van der Waals surface area (Å²) in [5.41, 5.74) is 1.88. The Labute approximate surface area is 173 Å². The molecule has 0 atom stereocenters. The number of aromatic nitrogens is 2. The highest BCUT2D eigenvalue weighted by Crippen LogP contribution is 2.42. The zero-order valence-corrected chi connectivity index (χ0v) is 17.0. The Hall–Kier alpha value is -3.25. The van der Waals surface area contributed by atoms with E-state index in [1.807, 2.05) is 60.7 Å². The topological polar surface area (TPSA) is 57.4 Å². The molecule has 6 heteroatoms. The van der Waals surface area contributed by atoms with Gasteiger partial charge in [-0.3, -0.25) is 0 Å². The summed E-state index contributed by atoms with van der Waals surface area (Å²) in [7, 11) is 1.64. The first-order valence-corrected chi connectivity index (χ1v) is 9.97. The van der Waals surface area contributed by atoms with Crippen LogP contribution in [0.15, 0.2) is 87.1 Å². The highest BCUT2D eigenvalue weighted by atomic mass is 32.2. The van der Waals surface area contributed by atoms with Gasteiger partial charge in [-0.1, -0.05) is 65.4 Å². The smallest absolute Gasteiger partial charge is 0.259 e. The van der Waals surface area contributed by atoms with E-state index in [9.17, 15) is 0 Å². The number of ether oxygens (including phenoxy) is 2.